The number of furan rings is 1. The molecule has 1 heterocycles. The van der Waals surface area contributed by atoms with E-state index in [0.29, 0.717) is 5.58 Å². The summed E-state index contributed by atoms with van der Waals surface area (Å²) in [5.41, 5.74) is 0.817. The summed E-state index contributed by atoms with van der Waals surface area (Å²) in [4.78, 5) is 12.6. The topological polar surface area (TPSA) is 48.7 Å². The van der Waals surface area contributed by atoms with E-state index >= 15 is 0 Å². The number of alkyl halides is 2. The summed E-state index contributed by atoms with van der Waals surface area (Å²) in [6.07, 6.45) is 0. The molecule has 3 rings (SSSR count). The van der Waals surface area contributed by atoms with Crippen molar-refractivity contribution in [3.05, 3.63) is 58.3 Å². The summed E-state index contributed by atoms with van der Waals surface area (Å²) in [5, 5.41) is 0.775. The molecule has 24 heavy (non-hydrogen) atoms. The molecule has 1 aromatic heterocycles. The highest BCUT2D eigenvalue weighted by Crippen LogP contribution is 2.31. The van der Waals surface area contributed by atoms with E-state index < -0.39 is 6.61 Å². The lowest BCUT2D eigenvalue weighted by molar-refractivity contribution is -0.0512. The van der Waals surface area contributed by atoms with Crippen LogP contribution in [0.25, 0.3) is 11.0 Å². The monoisotopic (exact) mass is 396 g/mol. The highest BCUT2D eigenvalue weighted by Gasteiger charge is 2.18. The average molecular weight is 397 g/mol. The van der Waals surface area contributed by atoms with Gasteiger partial charge in [0.15, 0.2) is 17.3 Å². The van der Waals surface area contributed by atoms with Gasteiger partial charge in [-0.3, -0.25) is 4.79 Å². The maximum absolute atomic E-state index is 12.6. The molecule has 0 fully saturated rings. The molecule has 0 bridgehead atoms. The lowest BCUT2D eigenvalue weighted by Gasteiger charge is -2.10. The van der Waals surface area contributed by atoms with Gasteiger partial charge in [0.25, 0.3) is 0 Å². The summed E-state index contributed by atoms with van der Waals surface area (Å²) < 4.78 is 40.4. The molecular formula is C17H11BrF2O4. The Balaban J connectivity index is 1.96. The van der Waals surface area contributed by atoms with Crippen LogP contribution in [0, 0.1) is 0 Å². The third-order valence-electron chi connectivity index (χ3n) is 3.34. The zero-order chi connectivity index (χ0) is 17.3. The predicted octanol–water partition coefficient (Wildman–Crippen LogP) is 5.04. The fraction of sp³-hybridized carbons (Fsp3) is 0.118. The van der Waals surface area contributed by atoms with Crippen LogP contribution in [0.4, 0.5) is 8.78 Å². The van der Waals surface area contributed by atoms with Gasteiger partial charge in [0.1, 0.15) is 5.58 Å². The van der Waals surface area contributed by atoms with Crippen LogP contribution in [0.5, 0.6) is 11.5 Å². The van der Waals surface area contributed by atoms with Gasteiger partial charge in [0.2, 0.25) is 5.78 Å². The fourth-order valence-electron chi connectivity index (χ4n) is 2.27. The van der Waals surface area contributed by atoms with E-state index in [1.54, 1.807) is 18.2 Å². The normalized spacial score (nSPS) is 11.0. The molecule has 7 heteroatoms. The Kier molecular flexibility index (Phi) is 4.53. The van der Waals surface area contributed by atoms with E-state index in [4.69, 9.17) is 9.15 Å². The van der Waals surface area contributed by atoms with Crippen LogP contribution >= 0.6 is 15.9 Å². The molecule has 0 N–H and O–H groups in total. The van der Waals surface area contributed by atoms with Crippen molar-refractivity contribution in [1.29, 1.82) is 0 Å². The van der Waals surface area contributed by atoms with Gasteiger partial charge in [0.05, 0.1) is 7.11 Å². The standard InChI is InChI=1S/C17H11BrF2O4/c1-22-14-7-9(2-4-13(14)24-17(19)20)16(21)15-8-10-6-11(18)3-5-12(10)23-15/h2-8,17H,1H3. The largest absolute Gasteiger partial charge is 0.493 e. The molecule has 0 aliphatic rings. The van der Waals surface area contributed by atoms with Gasteiger partial charge in [-0.2, -0.15) is 8.78 Å². The Bertz CT molecular complexity index is 905. The Labute approximate surface area is 144 Å². The van der Waals surface area contributed by atoms with Crippen LogP contribution < -0.4 is 9.47 Å². The molecule has 0 atom stereocenters. The molecule has 3 aromatic rings. The SMILES string of the molecule is COc1cc(C(=O)c2cc3cc(Br)ccc3o2)ccc1OC(F)F. The molecule has 0 radical (unpaired) electrons. The molecule has 0 spiro atoms. The van der Waals surface area contributed by atoms with Crippen molar-refractivity contribution in [3.63, 3.8) is 0 Å². The first-order chi connectivity index (χ1) is 11.5. The quantitative estimate of drug-likeness (QED) is 0.567. The Morgan fingerprint density at radius 1 is 1.12 bits per heavy atom. The number of hydrogen-bond acceptors (Lipinski definition) is 4. The molecular weight excluding hydrogens is 386 g/mol. The summed E-state index contributed by atoms with van der Waals surface area (Å²) in [6, 6.07) is 11.0. The number of ether oxygens (including phenoxy) is 2. The lowest BCUT2D eigenvalue weighted by atomic mass is 10.1. The van der Waals surface area contributed by atoms with E-state index in [-0.39, 0.29) is 28.6 Å². The number of rotatable bonds is 5. The zero-order valence-electron chi connectivity index (χ0n) is 12.4. The second kappa shape index (κ2) is 6.60. The van der Waals surface area contributed by atoms with Crippen LogP contribution in [0.1, 0.15) is 16.1 Å². The highest BCUT2D eigenvalue weighted by molar-refractivity contribution is 9.10. The van der Waals surface area contributed by atoms with Gasteiger partial charge in [-0.25, -0.2) is 0 Å². The van der Waals surface area contributed by atoms with E-state index in [0.717, 1.165) is 9.86 Å². The number of carbonyl (C=O) groups excluding carboxylic acids is 1. The van der Waals surface area contributed by atoms with Crippen molar-refractivity contribution in [2.75, 3.05) is 7.11 Å². The zero-order valence-corrected chi connectivity index (χ0v) is 14.0. The molecule has 0 unspecified atom stereocenters. The van der Waals surface area contributed by atoms with Gasteiger partial charge in [-0.1, -0.05) is 15.9 Å². The van der Waals surface area contributed by atoms with Crippen LogP contribution in [0.2, 0.25) is 0 Å². The van der Waals surface area contributed by atoms with Gasteiger partial charge in [-0.15, -0.1) is 0 Å². The fourth-order valence-corrected chi connectivity index (χ4v) is 2.65. The van der Waals surface area contributed by atoms with Crippen molar-refractivity contribution >= 4 is 32.7 Å². The minimum absolute atomic E-state index is 0.0417. The maximum Gasteiger partial charge on any atom is 0.387 e. The molecule has 0 saturated heterocycles. The predicted molar refractivity (Wildman–Crippen MR) is 87.0 cm³/mol. The van der Waals surface area contributed by atoms with Crippen LogP contribution in [0.15, 0.2) is 51.4 Å². The van der Waals surface area contributed by atoms with Crippen molar-refractivity contribution in [2.45, 2.75) is 6.61 Å². The summed E-state index contributed by atoms with van der Waals surface area (Å²) in [7, 11) is 1.31. The van der Waals surface area contributed by atoms with Gasteiger partial charge in [0, 0.05) is 15.4 Å². The van der Waals surface area contributed by atoms with E-state index in [2.05, 4.69) is 20.7 Å². The van der Waals surface area contributed by atoms with Gasteiger partial charge < -0.3 is 13.9 Å². The highest BCUT2D eigenvalue weighted by atomic mass is 79.9. The van der Waals surface area contributed by atoms with Crippen LogP contribution in [0.3, 0.4) is 0 Å². The number of halogens is 3. The first-order valence-electron chi connectivity index (χ1n) is 6.84. The van der Waals surface area contributed by atoms with Gasteiger partial charge in [-0.05, 0) is 42.5 Å². The van der Waals surface area contributed by atoms with E-state index in [1.165, 1.54) is 25.3 Å². The maximum atomic E-state index is 12.6. The van der Waals surface area contributed by atoms with Gasteiger partial charge >= 0.3 is 6.61 Å². The molecule has 0 amide bonds. The third-order valence-corrected chi connectivity index (χ3v) is 3.84. The molecule has 0 saturated carbocycles. The number of carbonyl (C=O) groups is 1. The average Bonchev–Trinajstić information content (AvgIpc) is 2.97. The summed E-state index contributed by atoms with van der Waals surface area (Å²) >= 11 is 3.35. The number of benzene rings is 2. The third kappa shape index (κ3) is 3.26. The summed E-state index contributed by atoms with van der Waals surface area (Å²) in [6.45, 7) is -2.98. The summed E-state index contributed by atoms with van der Waals surface area (Å²) in [5.74, 6) is -0.338. The smallest absolute Gasteiger partial charge is 0.387 e. The molecule has 0 aliphatic carbocycles. The van der Waals surface area contributed by atoms with Crippen molar-refractivity contribution in [3.8, 4) is 11.5 Å². The minimum Gasteiger partial charge on any atom is -0.493 e. The first kappa shape index (κ1) is 16.4. The molecule has 2 aromatic carbocycles. The van der Waals surface area contributed by atoms with E-state index in [1.807, 2.05) is 6.07 Å². The van der Waals surface area contributed by atoms with Crippen molar-refractivity contribution < 1.29 is 27.5 Å². The number of ketones is 1. The minimum atomic E-state index is -2.98. The lowest BCUT2D eigenvalue weighted by Crippen LogP contribution is -2.05. The second-order valence-electron chi connectivity index (χ2n) is 4.87. The molecule has 4 nitrogen and oxygen atoms in total. The Morgan fingerprint density at radius 3 is 2.62 bits per heavy atom. The molecule has 0 aliphatic heterocycles. The van der Waals surface area contributed by atoms with Crippen molar-refractivity contribution in [2.24, 2.45) is 0 Å². The van der Waals surface area contributed by atoms with E-state index in [9.17, 15) is 13.6 Å². The Hall–Kier alpha value is -2.41. The van der Waals surface area contributed by atoms with Crippen molar-refractivity contribution in [1.82, 2.24) is 0 Å². The van der Waals surface area contributed by atoms with Crippen LogP contribution in [-0.4, -0.2) is 19.5 Å². The number of hydrogen-bond donors (Lipinski definition) is 0. The molecule has 124 valence electrons. The number of fused-ring (bicyclic) bond motifs is 1. The first-order valence-corrected chi connectivity index (χ1v) is 7.64. The Morgan fingerprint density at radius 2 is 1.92 bits per heavy atom. The number of methoxy groups -OCH3 is 1. The van der Waals surface area contributed by atoms with Crippen LogP contribution in [-0.2, 0) is 0 Å². The second-order valence-corrected chi connectivity index (χ2v) is 5.78.